The number of hydrogen-bond acceptors (Lipinski definition) is 3. The minimum atomic E-state index is -0.952. The molecular weight excluding hydrogens is 306 g/mol. The molecule has 1 heterocycles. The number of carboxylic acid groups (broad SMARTS) is 1. The van der Waals surface area contributed by atoms with Gasteiger partial charge in [-0.15, -0.1) is 0 Å². The molecule has 0 saturated carbocycles. The molecule has 0 unspecified atom stereocenters. The number of benzene rings is 2. The van der Waals surface area contributed by atoms with Crippen LogP contribution in [0.5, 0.6) is 5.75 Å². The number of carboxylic acids is 1. The molecule has 1 aromatic heterocycles. The summed E-state index contributed by atoms with van der Waals surface area (Å²) in [6.07, 6.45) is 2.01. The number of carbonyl (C=O) groups is 1. The van der Waals surface area contributed by atoms with E-state index in [4.69, 9.17) is 9.84 Å². The zero-order chi connectivity index (χ0) is 17.1. The lowest BCUT2D eigenvalue weighted by Crippen LogP contribution is -2.18. The number of hydrogen-bond donors (Lipinski definition) is 1. The minimum Gasteiger partial charge on any atom is -0.496 e. The maximum atomic E-state index is 12.8. The topological polar surface area (TPSA) is 68.5 Å². The monoisotopic (exact) mass is 323 g/mol. The molecule has 3 rings (SSSR count). The number of fused-ring (bicyclic) bond motifs is 1. The predicted molar refractivity (Wildman–Crippen MR) is 91.6 cm³/mol. The Kier molecular flexibility index (Phi) is 4.33. The highest BCUT2D eigenvalue weighted by Crippen LogP contribution is 2.21. The van der Waals surface area contributed by atoms with Crippen LogP contribution in [-0.2, 0) is 17.8 Å². The van der Waals surface area contributed by atoms with Crippen LogP contribution in [0.3, 0.4) is 0 Å². The lowest BCUT2D eigenvalue weighted by atomic mass is 10.0. The molecule has 0 fully saturated rings. The van der Waals surface area contributed by atoms with Crippen LogP contribution in [0.25, 0.3) is 10.9 Å². The Bertz CT molecular complexity index is 959. The minimum absolute atomic E-state index is 0.0851. The number of aromatic nitrogens is 1. The van der Waals surface area contributed by atoms with E-state index in [9.17, 15) is 9.59 Å². The quantitative estimate of drug-likeness (QED) is 0.784. The van der Waals surface area contributed by atoms with E-state index in [0.717, 1.165) is 5.56 Å². The van der Waals surface area contributed by atoms with Crippen LogP contribution in [0.4, 0.5) is 0 Å². The van der Waals surface area contributed by atoms with E-state index in [2.05, 4.69) is 0 Å². The molecule has 122 valence electrons. The Morgan fingerprint density at radius 2 is 1.79 bits per heavy atom. The normalized spacial score (nSPS) is 10.7. The van der Waals surface area contributed by atoms with Crippen LogP contribution >= 0.6 is 0 Å². The van der Waals surface area contributed by atoms with Gasteiger partial charge in [0.05, 0.1) is 12.6 Å². The van der Waals surface area contributed by atoms with Gasteiger partial charge in [0, 0.05) is 23.6 Å². The fourth-order valence-electron chi connectivity index (χ4n) is 2.86. The maximum Gasteiger partial charge on any atom is 0.323 e. The molecule has 0 aliphatic carbocycles. The molecule has 3 aromatic rings. The fourth-order valence-corrected chi connectivity index (χ4v) is 2.86. The van der Waals surface area contributed by atoms with Crippen LogP contribution in [0.15, 0.2) is 59.5 Å². The van der Waals surface area contributed by atoms with Gasteiger partial charge in [-0.25, -0.2) is 0 Å². The molecule has 0 atom stereocenters. The molecule has 1 N–H and O–H groups in total. The Hall–Kier alpha value is -3.08. The summed E-state index contributed by atoms with van der Waals surface area (Å²) in [5.74, 6) is -0.248. The molecule has 5 heteroatoms. The van der Waals surface area contributed by atoms with Crippen LogP contribution in [0.1, 0.15) is 11.1 Å². The van der Waals surface area contributed by atoms with E-state index in [-0.39, 0.29) is 12.0 Å². The summed E-state index contributed by atoms with van der Waals surface area (Å²) in [5, 5.41) is 9.66. The molecule has 2 aromatic carbocycles. The first-order valence-corrected chi connectivity index (χ1v) is 7.55. The first kappa shape index (κ1) is 15.8. The SMILES string of the molecule is COc1ccccc1Cc1cn(CC(=O)O)c2ccccc2c1=O. The van der Waals surface area contributed by atoms with E-state index in [1.165, 1.54) is 0 Å². The van der Waals surface area contributed by atoms with Gasteiger partial charge in [-0.3, -0.25) is 9.59 Å². The number of ether oxygens (including phenoxy) is 1. The lowest BCUT2D eigenvalue weighted by Gasteiger charge is -2.13. The molecular formula is C19H17NO4. The van der Waals surface area contributed by atoms with Crippen molar-refractivity contribution in [2.75, 3.05) is 7.11 Å². The van der Waals surface area contributed by atoms with Crippen LogP contribution < -0.4 is 10.2 Å². The molecule has 0 amide bonds. The number of pyridine rings is 1. The van der Waals surface area contributed by atoms with Crippen molar-refractivity contribution in [3.8, 4) is 5.75 Å². The van der Waals surface area contributed by atoms with Crippen molar-refractivity contribution >= 4 is 16.9 Å². The summed E-state index contributed by atoms with van der Waals surface area (Å²) in [6, 6.07) is 14.5. The maximum absolute atomic E-state index is 12.8. The summed E-state index contributed by atoms with van der Waals surface area (Å²) >= 11 is 0. The fraction of sp³-hybridized carbons (Fsp3) is 0.158. The number of rotatable bonds is 5. The van der Waals surface area contributed by atoms with E-state index in [0.29, 0.717) is 28.6 Å². The lowest BCUT2D eigenvalue weighted by molar-refractivity contribution is -0.137. The van der Waals surface area contributed by atoms with Gasteiger partial charge in [0.1, 0.15) is 12.3 Å². The van der Waals surface area contributed by atoms with Crippen LogP contribution in [0, 0.1) is 0 Å². The molecule has 0 aliphatic rings. The Balaban J connectivity index is 2.16. The molecule has 0 spiro atoms. The van der Waals surface area contributed by atoms with E-state index in [1.807, 2.05) is 24.3 Å². The Labute approximate surface area is 138 Å². The van der Waals surface area contributed by atoms with Gasteiger partial charge in [0.2, 0.25) is 0 Å². The summed E-state index contributed by atoms with van der Waals surface area (Å²) < 4.78 is 6.94. The van der Waals surface area contributed by atoms with Gasteiger partial charge < -0.3 is 14.4 Å². The molecule has 0 bridgehead atoms. The zero-order valence-electron chi connectivity index (χ0n) is 13.2. The third-order valence-electron chi connectivity index (χ3n) is 3.94. The average Bonchev–Trinajstić information content (AvgIpc) is 2.59. The van der Waals surface area contributed by atoms with Crippen molar-refractivity contribution in [2.24, 2.45) is 0 Å². The van der Waals surface area contributed by atoms with E-state index < -0.39 is 5.97 Å². The number of methoxy groups -OCH3 is 1. The summed E-state index contributed by atoms with van der Waals surface area (Å²) in [4.78, 5) is 23.9. The van der Waals surface area contributed by atoms with Gasteiger partial charge in [-0.2, -0.15) is 0 Å². The van der Waals surface area contributed by atoms with Gasteiger partial charge in [-0.1, -0.05) is 30.3 Å². The molecule has 0 aliphatic heterocycles. The third-order valence-corrected chi connectivity index (χ3v) is 3.94. The largest absolute Gasteiger partial charge is 0.496 e. The average molecular weight is 323 g/mol. The van der Waals surface area contributed by atoms with Crippen LogP contribution in [-0.4, -0.2) is 22.8 Å². The second-order valence-electron chi connectivity index (χ2n) is 5.51. The first-order chi connectivity index (χ1) is 11.6. The van der Waals surface area contributed by atoms with Crippen LogP contribution in [0.2, 0.25) is 0 Å². The number of aliphatic carboxylic acids is 1. The van der Waals surface area contributed by atoms with Gasteiger partial charge in [0.25, 0.3) is 0 Å². The van der Waals surface area contributed by atoms with E-state index >= 15 is 0 Å². The van der Waals surface area contributed by atoms with Crippen molar-refractivity contribution in [1.29, 1.82) is 0 Å². The standard InChI is InChI=1S/C19H17NO4/c1-24-17-9-5-2-6-13(17)10-14-11-20(12-18(21)22)16-8-4-3-7-15(16)19(14)23/h2-9,11H,10,12H2,1H3,(H,21,22). The summed E-state index contributed by atoms with van der Waals surface area (Å²) in [6.45, 7) is -0.195. The highest BCUT2D eigenvalue weighted by molar-refractivity contribution is 5.81. The highest BCUT2D eigenvalue weighted by atomic mass is 16.5. The van der Waals surface area contributed by atoms with Gasteiger partial charge in [0.15, 0.2) is 5.43 Å². The Morgan fingerprint density at radius 3 is 2.54 bits per heavy atom. The molecule has 0 saturated heterocycles. The molecule has 0 radical (unpaired) electrons. The molecule has 24 heavy (non-hydrogen) atoms. The summed E-state index contributed by atoms with van der Waals surface area (Å²) in [7, 11) is 1.59. The number of para-hydroxylation sites is 2. The Morgan fingerprint density at radius 1 is 1.08 bits per heavy atom. The van der Waals surface area contributed by atoms with Gasteiger partial charge in [-0.05, 0) is 23.8 Å². The highest BCUT2D eigenvalue weighted by Gasteiger charge is 2.12. The first-order valence-electron chi connectivity index (χ1n) is 7.55. The predicted octanol–water partition coefficient (Wildman–Crippen LogP) is 2.69. The van der Waals surface area contributed by atoms with Crippen molar-refractivity contribution in [3.05, 3.63) is 76.1 Å². The smallest absolute Gasteiger partial charge is 0.323 e. The van der Waals surface area contributed by atoms with Crippen molar-refractivity contribution < 1.29 is 14.6 Å². The summed E-state index contributed by atoms with van der Waals surface area (Å²) in [5.41, 5.74) is 1.96. The van der Waals surface area contributed by atoms with E-state index in [1.54, 1.807) is 42.1 Å². The second-order valence-corrected chi connectivity index (χ2v) is 5.51. The molecule has 5 nitrogen and oxygen atoms in total. The number of nitrogens with zero attached hydrogens (tertiary/aromatic N) is 1. The van der Waals surface area contributed by atoms with Crippen molar-refractivity contribution in [2.45, 2.75) is 13.0 Å². The third kappa shape index (κ3) is 3.01. The zero-order valence-corrected chi connectivity index (χ0v) is 13.2. The van der Waals surface area contributed by atoms with Crippen molar-refractivity contribution in [1.82, 2.24) is 4.57 Å². The van der Waals surface area contributed by atoms with Gasteiger partial charge >= 0.3 is 5.97 Å². The second kappa shape index (κ2) is 6.58. The van der Waals surface area contributed by atoms with Crippen molar-refractivity contribution in [3.63, 3.8) is 0 Å².